The van der Waals surface area contributed by atoms with Gasteiger partial charge >= 0.3 is 0 Å². The Morgan fingerprint density at radius 3 is 2.39 bits per heavy atom. The number of rotatable bonds is 7. The van der Waals surface area contributed by atoms with Crippen molar-refractivity contribution < 1.29 is 28.5 Å². The molecule has 0 atom stereocenters. The monoisotopic (exact) mass is 486 g/mol. The number of allylic oxidation sites excluding steroid dienone is 1. The van der Waals surface area contributed by atoms with E-state index in [9.17, 15) is 4.79 Å². The van der Waals surface area contributed by atoms with E-state index >= 15 is 0 Å². The standard InChI is InChI=1S/C25H20Cl2O6/c1-29-20-9-5-14(24(30-2)25(20)31-3)10-22-23(28)18-8-7-17(12-21(18)33-22)32-13-15-4-6-16(26)11-19(15)27/h4-12H,13H2,1-3H3. The van der Waals surface area contributed by atoms with Gasteiger partial charge in [-0.15, -0.1) is 0 Å². The first-order chi connectivity index (χ1) is 15.9. The Kier molecular flexibility index (Phi) is 6.67. The molecule has 0 bridgehead atoms. The highest BCUT2D eigenvalue weighted by molar-refractivity contribution is 6.35. The lowest BCUT2D eigenvalue weighted by molar-refractivity contribution is 0.101. The van der Waals surface area contributed by atoms with E-state index in [4.69, 9.17) is 46.9 Å². The molecule has 0 unspecified atom stereocenters. The van der Waals surface area contributed by atoms with Crippen molar-refractivity contribution in [3.8, 4) is 28.7 Å². The summed E-state index contributed by atoms with van der Waals surface area (Å²) in [5.41, 5.74) is 1.84. The lowest BCUT2D eigenvalue weighted by atomic mass is 10.1. The van der Waals surface area contributed by atoms with Gasteiger partial charge in [-0.05, 0) is 42.5 Å². The van der Waals surface area contributed by atoms with E-state index in [2.05, 4.69) is 0 Å². The number of hydrogen-bond donors (Lipinski definition) is 0. The molecule has 0 amide bonds. The average Bonchev–Trinajstić information content (AvgIpc) is 3.12. The lowest BCUT2D eigenvalue weighted by Crippen LogP contribution is -2.00. The fourth-order valence-electron chi connectivity index (χ4n) is 3.44. The van der Waals surface area contributed by atoms with Crippen LogP contribution < -0.4 is 23.7 Å². The highest BCUT2D eigenvalue weighted by atomic mass is 35.5. The molecule has 3 aromatic rings. The van der Waals surface area contributed by atoms with Crippen molar-refractivity contribution >= 4 is 35.1 Å². The van der Waals surface area contributed by atoms with E-state index in [1.807, 2.05) is 0 Å². The molecule has 0 N–H and O–H groups in total. The van der Waals surface area contributed by atoms with Crippen LogP contribution in [-0.4, -0.2) is 27.1 Å². The van der Waals surface area contributed by atoms with Gasteiger partial charge in [-0.1, -0.05) is 29.3 Å². The maximum absolute atomic E-state index is 12.9. The van der Waals surface area contributed by atoms with Crippen molar-refractivity contribution in [1.82, 2.24) is 0 Å². The van der Waals surface area contributed by atoms with E-state index in [1.54, 1.807) is 54.6 Å². The third kappa shape index (κ3) is 4.58. The summed E-state index contributed by atoms with van der Waals surface area (Å²) in [6, 6.07) is 13.7. The Morgan fingerprint density at radius 2 is 1.70 bits per heavy atom. The number of benzene rings is 3. The summed E-state index contributed by atoms with van der Waals surface area (Å²) in [4.78, 5) is 12.9. The van der Waals surface area contributed by atoms with Gasteiger partial charge < -0.3 is 23.7 Å². The van der Waals surface area contributed by atoms with Crippen LogP contribution in [0.5, 0.6) is 28.7 Å². The Balaban J connectivity index is 1.57. The molecule has 1 aliphatic rings. The number of ether oxygens (including phenoxy) is 5. The molecule has 3 aromatic carbocycles. The van der Waals surface area contributed by atoms with Gasteiger partial charge in [0.1, 0.15) is 18.1 Å². The van der Waals surface area contributed by atoms with Gasteiger partial charge in [0.15, 0.2) is 17.3 Å². The highest BCUT2D eigenvalue weighted by Gasteiger charge is 2.28. The molecule has 1 heterocycles. The van der Waals surface area contributed by atoms with Crippen molar-refractivity contribution in [3.05, 3.63) is 81.0 Å². The molecule has 33 heavy (non-hydrogen) atoms. The van der Waals surface area contributed by atoms with E-state index in [0.717, 1.165) is 5.56 Å². The fourth-order valence-corrected chi connectivity index (χ4v) is 3.90. The van der Waals surface area contributed by atoms with Gasteiger partial charge in [-0.3, -0.25) is 4.79 Å². The third-order valence-corrected chi connectivity index (χ3v) is 5.66. The zero-order chi connectivity index (χ0) is 23.5. The van der Waals surface area contributed by atoms with Crippen molar-refractivity contribution in [1.29, 1.82) is 0 Å². The molecular weight excluding hydrogens is 467 g/mol. The summed E-state index contributed by atoms with van der Waals surface area (Å²) in [5.74, 6) is 2.24. The molecule has 0 aromatic heterocycles. The number of fused-ring (bicyclic) bond motifs is 1. The predicted octanol–water partition coefficient (Wildman–Crippen LogP) is 6.21. The topological polar surface area (TPSA) is 63.2 Å². The Morgan fingerprint density at radius 1 is 0.909 bits per heavy atom. The Hall–Kier alpha value is -3.35. The number of carbonyl (C=O) groups is 1. The first kappa shape index (κ1) is 22.8. The molecule has 1 aliphatic heterocycles. The van der Waals surface area contributed by atoms with Crippen LogP contribution in [0, 0.1) is 0 Å². The van der Waals surface area contributed by atoms with Crippen molar-refractivity contribution in [3.63, 3.8) is 0 Å². The quantitative estimate of drug-likeness (QED) is 0.369. The summed E-state index contributed by atoms with van der Waals surface area (Å²) in [7, 11) is 4.57. The van der Waals surface area contributed by atoms with Crippen LogP contribution in [0.2, 0.25) is 10.0 Å². The summed E-state index contributed by atoms with van der Waals surface area (Å²) in [6.07, 6.45) is 1.61. The molecule has 8 heteroatoms. The minimum Gasteiger partial charge on any atom is -0.493 e. The normalized spacial score (nSPS) is 13.5. The number of Topliss-reactive ketones (excluding diaryl/α,β-unsaturated/α-hetero) is 1. The largest absolute Gasteiger partial charge is 0.493 e. The number of methoxy groups -OCH3 is 3. The third-order valence-electron chi connectivity index (χ3n) is 5.07. The van der Waals surface area contributed by atoms with Gasteiger partial charge in [-0.2, -0.15) is 0 Å². The van der Waals surface area contributed by atoms with E-state index in [1.165, 1.54) is 21.3 Å². The Labute approximate surface area is 201 Å². The van der Waals surface area contributed by atoms with Crippen LogP contribution in [0.15, 0.2) is 54.3 Å². The first-order valence-corrected chi connectivity index (χ1v) is 10.6. The Bertz CT molecular complexity index is 1250. The second-order valence-electron chi connectivity index (χ2n) is 7.05. The SMILES string of the molecule is COc1ccc(C=C2Oc3cc(OCc4ccc(Cl)cc4Cl)ccc3C2=O)c(OC)c1OC. The fraction of sp³-hybridized carbons (Fsp3) is 0.160. The van der Waals surface area contributed by atoms with Gasteiger partial charge in [0, 0.05) is 27.2 Å². The van der Waals surface area contributed by atoms with Crippen LogP contribution in [0.25, 0.3) is 6.08 Å². The summed E-state index contributed by atoms with van der Waals surface area (Å²) in [6.45, 7) is 0.244. The van der Waals surface area contributed by atoms with Gasteiger partial charge in [0.2, 0.25) is 11.5 Å². The number of carbonyl (C=O) groups excluding carboxylic acids is 1. The summed E-state index contributed by atoms with van der Waals surface area (Å²) < 4.78 is 27.9. The predicted molar refractivity (Wildman–Crippen MR) is 126 cm³/mol. The maximum atomic E-state index is 12.9. The van der Waals surface area contributed by atoms with Gasteiger partial charge in [-0.25, -0.2) is 0 Å². The zero-order valence-corrected chi connectivity index (χ0v) is 19.6. The second kappa shape index (κ2) is 9.65. The molecule has 0 fully saturated rings. The highest BCUT2D eigenvalue weighted by Crippen LogP contribution is 2.42. The average molecular weight is 487 g/mol. The van der Waals surface area contributed by atoms with Crippen molar-refractivity contribution in [2.24, 2.45) is 0 Å². The van der Waals surface area contributed by atoms with Gasteiger partial charge in [0.25, 0.3) is 0 Å². The van der Waals surface area contributed by atoms with Crippen LogP contribution in [0.4, 0.5) is 0 Å². The zero-order valence-electron chi connectivity index (χ0n) is 18.1. The smallest absolute Gasteiger partial charge is 0.231 e. The molecule has 4 rings (SSSR count). The van der Waals surface area contributed by atoms with Crippen LogP contribution in [0.1, 0.15) is 21.5 Å². The molecule has 0 saturated heterocycles. The van der Waals surface area contributed by atoms with Crippen molar-refractivity contribution in [2.75, 3.05) is 21.3 Å². The van der Waals surface area contributed by atoms with E-state index < -0.39 is 0 Å². The van der Waals surface area contributed by atoms with E-state index in [-0.39, 0.29) is 18.1 Å². The summed E-state index contributed by atoms with van der Waals surface area (Å²) in [5, 5.41) is 1.07. The molecular formula is C25H20Cl2O6. The molecule has 6 nitrogen and oxygen atoms in total. The molecule has 170 valence electrons. The second-order valence-corrected chi connectivity index (χ2v) is 7.89. The lowest BCUT2D eigenvalue weighted by Gasteiger charge is -2.14. The number of hydrogen-bond acceptors (Lipinski definition) is 6. The number of ketones is 1. The van der Waals surface area contributed by atoms with Crippen LogP contribution in [0.3, 0.4) is 0 Å². The van der Waals surface area contributed by atoms with Crippen LogP contribution >= 0.6 is 23.2 Å². The minimum absolute atomic E-state index is 0.161. The van der Waals surface area contributed by atoms with Crippen molar-refractivity contribution in [2.45, 2.75) is 6.61 Å². The minimum atomic E-state index is -0.242. The first-order valence-electron chi connectivity index (χ1n) is 9.89. The maximum Gasteiger partial charge on any atom is 0.231 e. The molecule has 0 aliphatic carbocycles. The molecule has 0 radical (unpaired) electrons. The van der Waals surface area contributed by atoms with E-state index in [0.29, 0.717) is 49.9 Å². The summed E-state index contributed by atoms with van der Waals surface area (Å²) >= 11 is 12.1. The number of halogens is 2. The molecule has 0 saturated carbocycles. The van der Waals surface area contributed by atoms with Crippen LogP contribution in [-0.2, 0) is 6.61 Å². The van der Waals surface area contributed by atoms with Gasteiger partial charge in [0.05, 0.1) is 26.9 Å². The molecule has 0 spiro atoms.